The van der Waals surface area contributed by atoms with E-state index in [2.05, 4.69) is 10.9 Å². The first-order valence-electron chi connectivity index (χ1n) is 7.46. The minimum Gasteiger partial charge on any atom is -0.484 e. The van der Waals surface area contributed by atoms with Crippen LogP contribution in [0.15, 0.2) is 42.5 Å². The average Bonchev–Trinajstić information content (AvgIpc) is 2.62. The first-order chi connectivity index (χ1) is 12.3. The van der Waals surface area contributed by atoms with E-state index in [9.17, 15) is 14.0 Å². The lowest BCUT2D eigenvalue weighted by Gasteiger charge is -2.08. The van der Waals surface area contributed by atoms with E-state index in [1.54, 1.807) is 18.2 Å². The monoisotopic (exact) mass is 396 g/mol. The van der Waals surface area contributed by atoms with E-state index < -0.39 is 17.6 Å². The van der Waals surface area contributed by atoms with Crippen LogP contribution in [0.1, 0.15) is 11.1 Å². The van der Waals surface area contributed by atoms with E-state index in [1.165, 1.54) is 30.4 Å². The van der Waals surface area contributed by atoms with Crippen molar-refractivity contribution in [2.24, 2.45) is 0 Å². The fourth-order valence-corrected chi connectivity index (χ4v) is 2.16. The Balaban J connectivity index is 1.77. The summed E-state index contributed by atoms with van der Waals surface area (Å²) >= 11 is 11.6. The van der Waals surface area contributed by atoms with Gasteiger partial charge in [-0.25, -0.2) is 4.39 Å². The van der Waals surface area contributed by atoms with Crippen molar-refractivity contribution in [2.75, 3.05) is 6.61 Å². The van der Waals surface area contributed by atoms with Crippen LogP contribution >= 0.6 is 23.2 Å². The second-order valence-electron chi connectivity index (χ2n) is 5.24. The maximum Gasteiger partial charge on any atom is 0.276 e. The number of nitrogens with one attached hydrogen (secondary N) is 2. The minimum absolute atomic E-state index is 0.0459. The van der Waals surface area contributed by atoms with E-state index in [1.807, 2.05) is 6.92 Å². The van der Waals surface area contributed by atoms with Crippen molar-refractivity contribution in [3.63, 3.8) is 0 Å². The molecule has 2 rings (SSSR count). The van der Waals surface area contributed by atoms with Gasteiger partial charge in [0.15, 0.2) is 6.61 Å². The molecule has 0 aromatic heterocycles. The summed E-state index contributed by atoms with van der Waals surface area (Å²) in [5.41, 5.74) is 5.77. The van der Waals surface area contributed by atoms with E-state index in [0.717, 1.165) is 5.56 Å². The number of hydrogen-bond acceptors (Lipinski definition) is 3. The molecule has 0 unspecified atom stereocenters. The Morgan fingerprint density at radius 1 is 1.12 bits per heavy atom. The Hall–Kier alpha value is -2.57. The van der Waals surface area contributed by atoms with Crippen LogP contribution in [0.3, 0.4) is 0 Å². The molecule has 136 valence electrons. The van der Waals surface area contributed by atoms with Crippen molar-refractivity contribution in [2.45, 2.75) is 6.92 Å². The fraction of sp³-hybridized carbons (Fsp3) is 0.111. The SMILES string of the molecule is Cc1cc(OCC(=O)NNC(=O)/C=C/c2ccc(F)c(Cl)c2)ccc1Cl. The maximum atomic E-state index is 13.0. The number of rotatable bonds is 5. The molecule has 0 aliphatic carbocycles. The highest BCUT2D eigenvalue weighted by Gasteiger charge is 2.05. The van der Waals surface area contributed by atoms with Crippen molar-refractivity contribution in [3.8, 4) is 5.75 Å². The Labute approximate surface area is 159 Å². The smallest absolute Gasteiger partial charge is 0.276 e. The van der Waals surface area contributed by atoms with Gasteiger partial charge in [0.05, 0.1) is 5.02 Å². The molecule has 0 atom stereocenters. The van der Waals surface area contributed by atoms with Crippen LogP contribution in [-0.4, -0.2) is 18.4 Å². The number of aryl methyl sites for hydroxylation is 1. The number of hydrazine groups is 1. The second-order valence-corrected chi connectivity index (χ2v) is 6.06. The predicted molar refractivity (Wildman–Crippen MR) is 98.4 cm³/mol. The lowest BCUT2D eigenvalue weighted by Crippen LogP contribution is -2.43. The van der Waals surface area contributed by atoms with Crippen LogP contribution in [0, 0.1) is 12.7 Å². The first kappa shape index (κ1) is 19.8. The Kier molecular flexibility index (Phi) is 7.00. The summed E-state index contributed by atoms with van der Waals surface area (Å²) in [6.45, 7) is 1.54. The van der Waals surface area contributed by atoms with Gasteiger partial charge in [-0.05, 0) is 54.5 Å². The number of carbonyl (C=O) groups excluding carboxylic acids is 2. The molecule has 0 saturated heterocycles. The summed E-state index contributed by atoms with van der Waals surface area (Å²) in [6.07, 6.45) is 2.60. The van der Waals surface area contributed by atoms with Gasteiger partial charge in [-0.3, -0.25) is 20.4 Å². The van der Waals surface area contributed by atoms with Crippen LogP contribution in [0.25, 0.3) is 6.08 Å². The maximum absolute atomic E-state index is 13.0. The Morgan fingerprint density at radius 3 is 2.58 bits per heavy atom. The number of amides is 2. The summed E-state index contributed by atoms with van der Waals surface area (Å²) in [4.78, 5) is 23.3. The van der Waals surface area contributed by atoms with Gasteiger partial charge in [0.2, 0.25) is 0 Å². The van der Waals surface area contributed by atoms with E-state index in [0.29, 0.717) is 16.3 Å². The molecule has 8 heteroatoms. The van der Waals surface area contributed by atoms with Crippen LogP contribution < -0.4 is 15.6 Å². The summed E-state index contributed by atoms with van der Waals surface area (Å²) < 4.78 is 18.3. The lowest BCUT2D eigenvalue weighted by molar-refractivity contribution is -0.128. The second kappa shape index (κ2) is 9.22. The molecular weight excluding hydrogens is 382 g/mol. The number of ether oxygens (including phenoxy) is 1. The Morgan fingerprint density at radius 2 is 1.88 bits per heavy atom. The van der Waals surface area contributed by atoms with Crippen molar-refractivity contribution >= 4 is 41.1 Å². The highest BCUT2D eigenvalue weighted by molar-refractivity contribution is 6.31. The normalized spacial score (nSPS) is 10.6. The lowest BCUT2D eigenvalue weighted by atomic mass is 10.2. The molecular formula is C18H15Cl2FN2O3. The Bertz CT molecular complexity index is 856. The van der Waals surface area contributed by atoms with Gasteiger partial charge in [-0.15, -0.1) is 0 Å². The largest absolute Gasteiger partial charge is 0.484 e. The van der Waals surface area contributed by atoms with Gasteiger partial charge in [0.1, 0.15) is 11.6 Å². The average molecular weight is 397 g/mol. The summed E-state index contributed by atoms with van der Waals surface area (Å²) in [5, 5.41) is 0.554. The molecule has 2 aromatic rings. The highest BCUT2D eigenvalue weighted by Crippen LogP contribution is 2.20. The molecule has 2 amide bonds. The minimum atomic E-state index is -0.568. The fourth-order valence-electron chi connectivity index (χ4n) is 1.85. The van der Waals surface area contributed by atoms with Crippen molar-refractivity contribution in [1.82, 2.24) is 10.9 Å². The molecule has 2 N–H and O–H groups in total. The van der Waals surface area contributed by atoms with Crippen LogP contribution in [0.4, 0.5) is 4.39 Å². The third-order valence-electron chi connectivity index (χ3n) is 3.20. The number of hydrogen-bond donors (Lipinski definition) is 2. The molecule has 5 nitrogen and oxygen atoms in total. The molecule has 2 aromatic carbocycles. The molecule has 0 bridgehead atoms. The van der Waals surface area contributed by atoms with Crippen LogP contribution in [0.5, 0.6) is 5.75 Å². The molecule has 0 aliphatic heterocycles. The van der Waals surface area contributed by atoms with Gasteiger partial charge in [0.25, 0.3) is 11.8 Å². The molecule has 0 radical (unpaired) electrons. The zero-order chi connectivity index (χ0) is 19.1. The molecule has 0 fully saturated rings. The summed E-state index contributed by atoms with van der Waals surface area (Å²) in [6, 6.07) is 9.03. The number of halogens is 3. The van der Waals surface area contributed by atoms with E-state index >= 15 is 0 Å². The first-order valence-corrected chi connectivity index (χ1v) is 8.21. The van der Waals surface area contributed by atoms with E-state index in [4.69, 9.17) is 27.9 Å². The van der Waals surface area contributed by atoms with E-state index in [-0.39, 0.29) is 11.6 Å². The standard InChI is InChI=1S/C18H15Cl2FN2O3/c1-11-8-13(4-5-14(11)19)26-10-18(25)23-22-17(24)7-3-12-2-6-16(21)15(20)9-12/h2-9H,10H2,1H3,(H,22,24)(H,23,25)/b7-3+. The van der Waals surface area contributed by atoms with Crippen molar-refractivity contribution in [1.29, 1.82) is 0 Å². The topological polar surface area (TPSA) is 67.4 Å². The molecule has 0 aliphatic rings. The third kappa shape index (κ3) is 6.06. The molecule has 0 saturated carbocycles. The van der Waals surface area contributed by atoms with Crippen molar-refractivity contribution in [3.05, 3.63) is 69.5 Å². The van der Waals surface area contributed by atoms with Gasteiger partial charge in [-0.2, -0.15) is 0 Å². The molecule has 26 heavy (non-hydrogen) atoms. The predicted octanol–water partition coefficient (Wildman–Crippen LogP) is 3.68. The van der Waals surface area contributed by atoms with Crippen LogP contribution in [-0.2, 0) is 9.59 Å². The molecule has 0 spiro atoms. The zero-order valence-electron chi connectivity index (χ0n) is 13.7. The molecule has 0 heterocycles. The summed E-state index contributed by atoms with van der Waals surface area (Å²) in [7, 11) is 0. The van der Waals surface area contributed by atoms with Gasteiger partial charge in [-0.1, -0.05) is 29.3 Å². The van der Waals surface area contributed by atoms with Crippen molar-refractivity contribution < 1.29 is 18.7 Å². The van der Waals surface area contributed by atoms with Crippen LogP contribution in [0.2, 0.25) is 10.0 Å². The van der Waals surface area contributed by atoms with Gasteiger partial charge >= 0.3 is 0 Å². The van der Waals surface area contributed by atoms with Gasteiger partial charge < -0.3 is 4.74 Å². The third-order valence-corrected chi connectivity index (χ3v) is 3.91. The zero-order valence-corrected chi connectivity index (χ0v) is 15.2. The van der Waals surface area contributed by atoms with Gasteiger partial charge in [0, 0.05) is 11.1 Å². The number of benzene rings is 2. The summed E-state index contributed by atoms with van der Waals surface area (Å²) in [5.74, 6) is -1.16. The number of carbonyl (C=O) groups is 2. The highest BCUT2D eigenvalue weighted by atomic mass is 35.5. The quantitative estimate of drug-likeness (QED) is 0.598.